The molecule has 2 N–H and O–H groups in total. The van der Waals surface area contributed by atoms with Gasteiger partial charge < -0.3 is 15.2 Å². The standard InChI is InChI=1S/C12H20N2O2/c1-9-7-11(14-8-10(9)13)16-6-5-12(2,3)15-4/h7-8H,5-6,13H2,1-4H3. The minimum atomic E-state index is -0.164. The number of nitrogens with two attached hydrogens (primary N) is 1. The monoisotopic (exact) mass is 224 g/mol. The maximum Gasteiger partial charge on any atom is 0.213 e. The first-order valence-electron chi connectivity index (χ1n) is 5.35. The number of hydrogen-bond acceptors (Lipinski definition) is 4. The van der Waals surface area contributed by atoms with Crippen LogP contribution in [-0.4, -0.2) is 24.3 Å². The van der Waals surface area contributed by atoms with Crippen LogP contribution in [0.3, 0.4) is 0 Å². The molecule has 1 heterocycles. The molecule has 0 aliphatic heterocycles. The fourth-order valence-electron chi connectivity index (χ4n) is 1.12. The maximum absolute atomic E-state index is 5.67. The minimum Gasteiger partial charge on any atom is -0.478 e. The molecule has 0 fully saturated rings. The summed E-state index contributed by atoms with van der Waals surface area (Å²) in [5, 5.41) is 0. The van der Waals surface area contributed by atoms with E-state index in [4.69, 9.17) is 15.2 Å². The van der Waals surface area contributed by atoms with Crippen molar-refractivity contribution in [3.63, 3.8) is 0 Å². The largest absolute Gasteiger partial charge is 0.478 e. The molecule has 90 valence electrons. The molecule has 0 aliphatic rings. The van der Waals surface area contributed by atoms with Crippen molar-refractivity contribution in [3.8, 4) is 5.88 Å². The molecule has 0 radical (unpaired) electrons. The number of rotatable bonds is 5. The Morgan fingerprint density at radius 2 is 2.12 bits per heavy atom. The zero-order chi connectivity index (χ0) is 12.2. The summed E-state index contributed by atoms with van der Waals surface area (Å²) in [4.78, 5) is 4.10. The van der Waals surface area contributed by atoms with Gasteiger partial charge in [-0.05, 0) is 26.3 Å². The highest BCUT2D eigenvalue weighted by Gasteiger charge is 2.16. The number of methoxy groups -OCH3 is 1. The summed E-state index contributed by atoms with van der Waals surface area (Å²) in [5.41, 5.74) is 7.17. The Morgan fingerprint density at radius 1 is 1.44 bits per heavy atom. The number of aromatic nitrogens is 1. The van der Waals surface area contributed by atoms with E-state index in [0.29, 0.717) is 18.2 Å². The molecule has 1 aromatic rings. The average molecular weight is 224 g/mol. The fraction of sp³-hybridized carbons (Fsp3) is 0.583. The SMILES string of the molecule is COC(C)(C)CCOc1cc(C)c(N)cn1. The second-order valence-electron chi connectivity index (χ2n) is 4.44. The molecule has 0 bridgehead atoms. The van der Waals surface area contributed by atoms with Crippen LogP contribution in [0.25, 0.3) is 0 Å². The van der Waals surface area contributed by atoms with Gasteiger partial charge in [0.05, 0.1) is 24.1 Å². The smallest absolute Gasteiger partial charge is 0.213 e. The Bertz CT molecular complexity index is 351. The van der Waals surface area contributed by atoms with Gasteiger partial charge in [0.2, 0.25) is 5.88 Å². The molecule has 16 heavy (non-hydrogen) atoms. The molecular weight excluding hydrogens is 204 g/mol. The van der Waals surface area contributed by atoms with Gasteiger partial charge in [-0.2, -0.15) is 0 Å². The normalized spacial score (nSPS) is 11.5. The fourth-order valence-corrected chi connectivity index (χ4v) is 1.12. The molecule has 4 nitrogen and oxygen atoms in total. The number of aryl methyl sites for hydroxylation is 1. The van der Waals surface area contributed by atoms with Crippen molar-refractivity contribution in [1.29, 1.82) is 0 Å². The molecular formula is C12H20N2O2. The van der Waals surface area contributed by atoms with Crippen molar-refractivity contribution in [2.75, 3.05) is 19.5 Å². The number of ether oxygens (including phenoxy) is 2. The first-order chi connectivity index (χ1) is 7.44. The van der Waals surface area contributed by atoms with Crippen molar-refractivity contribution in [3.05, 3.63) is 17.8 Å². The van der Waals surface area contributed by atoms with Crippen LogP contribution < -0.4 is 10.5 Å². The van der Waals surface area contributed by atoms with Crippen molar-refractivity contribution < 1.29 is 9.47 Å². The lowest BCUT2D eigenvalue weighted by atomic mass is 10.1. The predicted molar refractivity (Wildman–Crippen MR) is 64.6 cm³/mol. The van der Waals surface area contributed by atoms with E-state index in [1.807, 2.05) is 26.8 Å². The highest BCUT2D eigenvalue weighted by molar-refractivity contribution is 5.45. The van der Waals surface area contributed by atoms with Gasteiger partial charge >= 0.3 is 0 Å². The molecule has 0 amide bonds. The summed E-state index contributed by atoms with van der Waals surface area (Å²) in [6.45, 7) is 6.57. The molecule has 0 spiro atoms. The molecule has 1 aromatic heterocycles. The van der Waals surface area contributed by atoms with Crippen LogP contribution in [0.5, 0.6) is 5.88 Å². The first-order valence-corrected chi connectivity index (χ1v) is 5.35. The van der Waals surface area contributed by atoms with E-state index in [1.165, 1.54) is 0 Å². The predicted octanol–water partition coefficient (Wildman–Crippen LogP) is 2.17. The maximum atomic E-state index is 5.67. The molecule has 0 atom stereocenters. The van der Waals surface area contributed by atoms with Crippen LogP contribution in [0.15, 0.2) is 12.3 Å². The van der Waals surface area contributed by atoms with Crippen LogP contribution in [0.4, 0.5) is 5.69 Å². The molecule has 0 aliphatic carbocycles. The Kier molecular flexibility index (Phi) is 4.12. The van der Waals surface area contributed by atoms with Crippen LogP contribution in [-0.2, 0) is 4.74 Å². The lowest BCUT2D eigenvalue weighted by Gasteiger charge is -2.22. The minimum absolute atomic E-state index is 0.164. The highest BCUT2D eigenvalue weighted by Crippen LogP contribution is 2.17. The number of hydrogen-bond donors (Lipinski definition) is 1. The topological polar surface area (TPSA) is 57.4 Å². The van der Waals surface area contributed by atoms with E-state index < -0.39 is 0 Å². The molecule has 4 heteroatoms. The first kappa shape index (κ1) is 12.8. The van der Waals surface area contributed by atoms with Crippen LogP contribution in [0.2, 0.25) is 0 Å². The Labute approximate surface area is 96.8 Å². The average Bonchev–Trinajstić information content (AvgIpc) is 2.23. The summed E-state index contributed by atoms with van der Waals surface area (Å²) < 4.78 is 10.8. The van der Waals surface area contributed by atoms with E-state index in [-0.39, 0.29) is 5.60 Å². The van der Waals surface area contributed by atoms with Gasteiger partial charge in [0.15, 0.2) is 0 Å². The van der Waals surface area contributed by atoms with Gasteiger partial charge in [-0.25, -0.2) is 4.98 Å². The van der Waals surface area contributed by atoms with Crippen LogP contribution >= 0.6 is 0 Å². The van der Waals surface area contributed by atoms with Crippen LogP contribution in [0, 0.1) is 6.92 Å². The zero-order valence-corrected chi connectivity index (χ0v) is 10.4. The van der Waals surface area contributed by atoms with E-state index in [2.05, 4.69) is 4.98 Å². The zero-order valence-electron chi connectivity index (χ0n) is 10.4. The summed E-state index contributed by atoms with van der Waals surface area (Å²) in [7, 11) is 1.70. The second-order valence-corrected chi connectivity index (χ2v) is 4.44. The summed E-state index contributed by atoms with van der Waals surface area (Å²) in [6, 6.07) is 1.84. The number of anilines is 1. The van der Waals surface area contributed by atoms with E-state index in [9.17, 15) is 0 Å². The molecule has 0 saturated carbocycles. The summed E-state index contributed by atoms with van der Waals surface area (Å²) in [6.07, 6.45) is 2.43. The van der Waals surface area contributed by atoms with Crippen molar-refractivity contribution in [1.82, 2.24) is 4.98 Å². The Hall–Kier alpha value is -1.29. The Morgan fingerprint density at radius 3 is 2.69 bits per heavy atom. The number of nitrogen functional groups attached to an aromatic ring is 1. The van der Waals surface area contributed by atoms with Crippen molar-refractivity contribution in [2.45, 2.75) is 32.8 Å². The second kappa shape index (κ2) is 5.16. The third-order valence-electron chi connectivity index (χ3n) is 2.63. The molecule has 0 unspecified atom stereocenters. The van der Waals surface area contributed by atoms with Gasteiger partial charge in [-0.15, -0.1) is 0 Å². The number of pyridine rings is 1. The van der Waals surface area contributed by atoms with E-state index in [0.717, 1.165) is 12.0 Å². The van der Waals surface area contributed by atoms with Gasteiger partial charge in [0, 0.05) is 19.6 Å². The number of nitrogens with zero attached hydrogens (tertiary/aromatic N) is 1. The van der Waals surface area contributed by atoms with E-state index in [1.54, 1.807) is 13.3 Å². The Balaban J connectivity index is 2.46. The highest BCUT2D eigenvalue weighted by atomic mass is 16.5. The van der Waals surface area contributed by atoms with Gasteiger partial charge in [-0.1, -0.05) is 0 Å². The van der Waals surface area contributed by atoms with E-state index >= 15 is 0 Å². The lowest BCUT2D eigenvalue weighted by Crippen LogP contribution is -2.25. The summed E-state index contributed by atoms with van der Waals surface area (Å²) in [5.74, 6) is 0.610. The third-order valence-corrected chi connectivity index (χ3v) is 2.63. The summed E-state index contributed by atoms with van der Waals surface area (Å²) >= 11 is 0. The van der Waals surface area contributed by atoms with Gasteiger partial charge in [0.1, 0.15) is 0 Å². The quantitative estimate of drug-likeness (QED) is 0.832. The van der Waals surface area contributed by atoms with Crippen molar-refractivity contribution in [2.24, 2.45) is 0 Å². The third kappa shape index (κ3) is 3.70. The van der Waals surface area contributed by atoms with Crippen LogP contribution in [0.1, 0.15) is 25.8 Å². The van der Waals surface area contributed by atoms with Crippen molar-refractivity contribution >= 4 is 5.69 Å². The lowest BCUT2D eigenvalue weighted by molar-refractivity contribution is 0.00508. The van der Waals surface area contributed by atoms with Gasteiger partial charge in [-0.3, -0.25) is 0 Å². The van der Waals surface area contributed by atoms with Gasteiger partial charge in [0.25, 0.3) is 0 Å². The molecule has 0 saturated heterocycles. The molecule has 0 aromatic carbocycles. The molecule has 1 rings (SSSR count).